The average molecular weight is 661 g/mol. The van der Waals surface area contributed by atoms with Crippen LogP contribution in [0.4, 0.5) is 0 Å². The van der Waals surface area contributed by atoms with E-state index in [0.29, 0.717) is 0 Å². The largest absolute Gasteiger partial charge is 0.357 e. The van der Waals surface area contributed by atoms with Gasteiger partial charge in [-0.15, -0.1) is 0 Å². The molecule has 0 saturated carbocycles. The summed E-state index contributed by atoms with van der Waals surface area (Å²) >= 11 is 11.6. The predicted molar refractivity (Wildman–Crippen MR) is 206 cm³/mol. The first kappa shape index (κ1) is 42.5. The second kappa shape index (κ2) is 34.4. The first-order chi connectivity index (χ1) is 20.6. The molecular weight excluding hydrogens is 589 g/mol. The maximum atomic E-state index is 5.80. The van der Waals surface area contributed by atoms with Gasteiger partial charge in [-0.2, -0.15) is 0 Å². The van der Waals surface area contributed by atoms with Crippen LogP contribution in [0.5, 0.6) is 0 Å². The smallest absolute Gasteiger partial charge is 0.147 e. The van der Waals surface area contributed by atoms with Gasteiger partial charge in [-0.3, -0.25) is 0 Å². The molecule has 0 rings (SSSR count). The highest BCUT2D eigenvalue weighted by Gasteiger charge is 2.13. The quantitative estimate of drug-likeness (QED) is 0.0426. The lowest BCUT2D eigenvalue weighted by Gasteiger charge is -2.25. The van der Waals surface area contributed by atoms with E-state index in [9.17, 15) is 0 Å². The first-order valence-corrected chi connectivity index (χ1v) is 21.5. The Morgan fingerprint density at radius 1 is 0.357 bits per heavy atom. The van der Waals surface area contributed by atoms with Gasteiger partial charge < -0.3 is 9.80 Å². The van der Waals surface area contributed by atoms with Crippen molar-refractivity contribution in [1.82, 2.24) is 9.80 Å². The molecule has 0 aliphatic carbocycles. The van der Waals surface area contributed by atoms with E-state index in [4.69, 9.17) is 24.4 Å². The molecule has 0 saturated heterocycles. The summed E-state index contributed by atoms with van der Waals surface area (Å²) < 4.78 is 2.00. The maximum Gasteiger partial charge on any atom is 0.147 e. The predicted octanol–water partition coefficient (Wildman–Crippen LogP) is 13.8. The number of nitrogens with zero attached hydrogens (tertiary/aromatic N) is 2. The van der Waals surface area contributed by atoms with E-state index in [-0.39, 0.29) is 0 Å². The summed E-state index contributed by atoms with van der Waals surface area (Å²) in [5.41, 5.74) is 0. The van der Waals surface area contributed by atoms with Gasteiger partial charge in [-0.05, 0) is 48.3 Å². The molecule has 0 N–H and O–H groups in total. The number of hydrogen-bond donors (Lipinski definition) is 0. The fourth-order valence-electron chi connectivity index (χ4n) is 5.57. The Hall–Kier alpha value is 0.480. The molecule has 0 aromatic heterocycles. The Bertz CT molecular complexity index is 587. The van der Waals surface area contributed by atoms with Gasteiger partial charge in [-0.1, -0.05) is 192 Å². The third-order valence-electron chi connectivity index (χ3n) is 8.53. The summed E-state index contributed by atoms with van der Waals surface area (Å²) in [4.78, 5) is 4.74. The van der Waals surface area contributed by atoms with Crippen LogP contribution in [-0.4, -0.2) is 44.6 Å². The van der Waals surface area contributed by atoms with Gasteiger partial charge in [0.05, 0.1) is 0 Å². The first-order valence-electron chi connectivity index (χ1n) is 18.5. The summed E-state index contributed by atoms with van der Waals surface area (Å²) in [6, 6.07) is 0. The normalized spacial score (nSPS) is 11.2. The summed E-state index contributed by atoms with van der Waals surface area (Å²) in [6.45, 7) is 13.2. The van der Waals surface area contributed by atoms with E-state index < -0.39 is 0 Å². The van der Waals surface area contributed by atoms with Crippen LogP contribution in [0.25, 0.3) is 0 Å². The number of unbranched alkanes of at least 4 members (excludes halogenated alkanes) is 24. The zero-order chi connectivity index (χ0) is 30.9. The number of rotatable bonds is 30. The molecule has 250 valence electrons. The molecule has 0 fully saturated rings. The number of hydrogen-bond acceptors (Lipinski definition) is 4. The van der Waals surface area contributed by atoms with Crippen molar-refractivity contribution in [2.45, 2.75) is 195 Å². The minimum absolute atomic E-state index is 0.994. The van der Waals surface area contributed by atoms with Crippen molar-refractivity contribution in [2.24, 2.45) is 0 Å². The minimum atomic E-state index is 0.994. The Morgan fingerprint density at radius 2 is 0.571 bits per heavy atom. The molecule has 6 heteroatoms. The van der Waals surface area contributed by atoms with Gasteiger partial charge in [0, 0.05) is 26.2 Å². The SMILES string of the molecule is CCCCCCCCCCCCCCCCN(CC)C(=S)SSC(=S)N(CC)CCCCCCCCCCCCCC. The van der Waals surface area contributed by atoms with Crippen molar-refractivity contribution < 1.29 is 0 Å². The van der Waals surface area contributed by atoms with Crippen LogP contribution < -0.4 is 0 Å². The van der Waals surface area contributed by atoms with E-state index in [2.05, 4.69) is 37.5 Å². The van der Waals surface area contributed by atoms with Crippen molar-refractivity contribution in [3.8, 4) is 0 Å². The fraction of sp³-hybridized carbons (Fsp3) is 0.944. The molecule has 0 heterocycles. The topological polar surface area (TPSA) is 6.48 Å². The standard InChI is InChI=1S/C36H72N2S4/c1-5-9-11-13-15-17-19-21-22-24-26-28-30-32-34-38(8-4)36(40)42-41-35(39)37(7-3)33-31-29-27-25-23-20-18-16-14-12-10-6-2/h5-34H2,1-4H3. The molecule has 0 unspecified atom stereocenters. The molecule has 0 aliphatic rings. The highest BCUT2D eigenvalue weighted by atomic mass is 33.1. The van der Waals surface area contributed by atoms with Gasteiger partial charge in [0.2, 0.25) is 0 Å². The molecule has 0 amide bonds. The molecule has 0 bridgehead atoms. The van der Waals surface area contributed by atoms with Crippen molar-refractivity contribution in [2.75, 3.05) is 26.2 Å². The van der Waals surface area contributed by atoms with Crippen LogP contribution in [0, 0.1) is 0 Å². The summed E-state index contributed by atoms with van der Waals surface area (Å²) in [5.74, 6) is 0. The molecule has 0 aromatic carbocycles. The van der Waals surface area contributed by atoms with E-state index in [1.54, 1.807) is 21.6 Å². The minimum Gasteiger partial charge on any atom is -0.357 e. The van der Waals surface area contributed by atoms with Crippen molar-refractivity contribution in [3.05, 3.63) is 0 Å². The van der Waals surface area contributed by atoms with Crippen LogP contribution >= 0.6 is 46.0 Å². The summed E-state index contributed by atoms with van der Waals surface area (Å²) in [6.07, 6.45) is 36.4. The molecule has 42 heavy (non-hydrogen) atoms. The fourth-order valence-corrected chi connectivity index (χ4v) is 8.48. The van der Waals surface area contributed by atoms with Crippen LogP contribution in [0.15, 0.2) is 0 Å². The van der Waals surface area contributed by atoms with Crippen molar-refractivity contribution in [1.29, 1.82) is 0 Å². The molecule has 2 nitrogen and oxygen atoms in total. The molecular formula is C36H72N2S4. The van der Waals surface area contributed by atoms with Gasteiger partial charge >= 0.3 is 0 Å². The third-order valence-corrected chi connectivity index (χ3v) is 12.3. The average Bonchev–Trinajstić information content (AvgIpc) is 3.00. The zero-order valence-corrected chi connectivity index (χ0v) is 32.0. The van der Waals surface area contributed by atoms with Crippen molar-refractivity contribution in [3.63, 3.8) is 0 Å². The molecule has 0 aliphatic heterocycles. The van der Waals surface area contributed by atoms with Crippen LogP contribution in [-0.2, 0) is 0 Å². The molecule has 0 radical (unpaired) electrons. The highest BCUT2D eigenvalue weighted by molar-refractivity contribution is 8.89. The van der Waals surface area contributed by atoms with Gasteiger partial charge in [0.15, 0.2) is 0 Å². The van der Waals surface area contributed by atoms with Crippen LogP contribution in [0.1, 0.15) is 195 Å². The van der Waals surface area contributed by atoms with E-state index in [0.717, 1.165) is 34.8 Å². The van der Waals surface area contributed by atoms with E-state index >= 15 is 0 Å². The maximum absolute atomic E-state index is 5.80. The third kappa shape index (κ3) is 28.0. The van der Waals surface area contributed by atoms with Gasteiger partial charge in [-0.25, -0.2) is 0 Å². The summed E-state index contributed by atoms with van der Waals surface area (Å²) in [5, 5.41) is 0. The number of thiocarbonyl (C=S) groups is 2. The zero-order valence-electron chi connectivity index (χ0n) is 28.7. The summed E-state index contributed by atoms with van der Waals surface area (Å²) in [7, 11) is 3.40. The van der Waals surface area contributed by atoms with Crippen LogP contribution in [0.2, 0.25) is 0 Å². The lowest BCUT2D eigenvalue weighted by molar-refractivity contribution is 0.429. The molecule has 0 atom stereocenters. The Labute approximate surface area is 283 Å². The monoisotopic (exact) mass is 660 g/mol. The second-order valence-corrected chi connectivity index (χ2v) is 15.7. The van der Waals surface area contributed by atoms with Gasteiger partial charge in [0.1, 0.15) is 8.64 Å². The highest BCUT2D eigenvalue weighted by Crippen LogP contribution is 2.29. The molecule has 0 aromatic rings. The van der Waals surface area contributed by atoms with E-state index in [1.807, 2.05) is 0 Å². The van der Waals surface area contributed by atoms with E-state index in [1.165, 1.54) is 167 Å². The van der Waals surface area contributed by atoms with Gasteiger partial charge in [0.25, 0.3) is 0 Å². The van der Waals surface area contributed by atoms with Crippen molar-refractivity contribution >= 4 is 54.7 Å². The Kier molecular flexibility index (Phi) is 34.7. The second-order valence-electron chi connectivity index (χ2n) is 12.3. The Balaban J connectivity index is 3.77. The molecule has 0 spiro atoms. The van der Waals surface area contributed by atoms with Crippen LogP contribution in [0.3, 0.4) is 0 Å². The Morgan fingerprint density at radius 3 is 0.786 bits per heavy atom. The lowest BCUT2D eigenvalue weighted by atomic mass is 10.0. The lowest BCUT2D eigenvalue weighted by Crippen LogP contribution is -2.30.